The van der Waals surface area contributed by atoms with Crippen molar-refractivity contribution in [1.82, 2.24) is 10.3 Å². The molecule has 36 heavy (non-hydrogen) atoms. The molecule has 2 aromatic heterocycles. The first kappa shape index (κ1) is 25.9. The lowest BCUT2D eigenvalue weighted by Crippen LogP contribution is -2.37. The lowest BCUT2D eigenvalue weighted by molar-refractivity contribution is -0.168. The van der Waals surface area contributed by atoms with Crippen LogP contribution in [0.15, 0.2) is 24.3 Å². The number of carbonyl (C=O) groups is 1. The number of aromatic nitrogens is 1. The van der Waals surface area contributed by atoms with E-state index in [1.807, 2.05) is 0 Å². The van der Waals surface area contributed by atoms with Gasteiger partial charge in [-0.2, -0.15) is 22.0 Å². The van der Waals surface area contributed by atoms with Gasteiger partial charge in [0.25, 0.3) is 5.91 Å². The van der Waals surface area contributed by atoms with Gasteiger partial charge in [0, 0.05) is 10.9 Å². The molecular weight excluding hydrogens is 519 g/mol. The Kier molecular flexibility index (Phi) is 6.77. The number of methoxy groups -OCH3 is 1. The Morgan fingerprint density at radius 3 is 2.50 bits per heavy atom. The zero-order valence-electron chi connectivity index (χ0n) is 18.6. The molecule has 4 rings (SSSR count). The number of amides is 1. The van der Waals surface area contributed by atoms with E-state index in [9.17, 15) is 35.5 Å². The molecule has 1 aliphatic heterocycles. The fourth-order valence-corrected chi connectivity index (χ4v) is 4.84. The SMILES string of the molecule is COc1ccc([C@H]2NC(=O)c3sc4nc(C(F)(F)F)cc(C)c4c3N2)cc1COCC(F)(F)C(F)F. The number of nitrogens with one attached hydrogen (secondary N) is 2. The van der Waals surface area contributed by atoms with Crippen molar-refractivity contribution in [2.24, 2.45) is 0 Å². The second-order valence-electron chi connectivity index (χ2n) is 7.99. The molecule has 6 nitrogen and oxygen atoms in total. The molecule has 3 aromatic rings. The van der Waals surface area contributed by atoms with Crippen molar-refractivity contribution in [3.63, 3.8) is 0 Å². The van der Waals surface area contributed by atoms with Crippen LogP contribution in [-0.2, 0) is 17.5 Å². The van der Waals surface area contributed by atoms with E-state index in [4.69, 9.17) is 9.47 Å². The maximum atomic E-state index is 13.2. The molecular formula is C22H18F7N3O3S. The van der Waals surface area contributed by atoms with Crippen LogP contribution in [0.1, 0.15) is 38.2 Å². The molecule has 1 amide bonds. The Balaban J connectivity index is 1.63. The highest BCUT2D eigenvalue weighted by Gasteiger charge is 2.41. The highest BCUT2D eigenvalue weighted by molar-refractivity contribution is 7.21. The quantitative estimate of drug-likeness (QED) is 0.367. The van der Waals surface area contributed by atoms with E-state index in [1.165, 1.54) is 26.2 Å². The molecule has 0 unspecified atom stereocenters. The van der Waals surface area contributed by atoms with E-state index in [1.54, 1.807) is 6.07 Å². The minimum absolute atomic E-state index is 0.0411. The molecule has 3 heterocycles. The van der Waals surface area contributed by atoms with Crippen LogP contribution in [0.3, 0.4) is 0 Å². The van der Waals surface area contributed by atoms with Gasteiger partial charge >= 0.3 is 18.5 Å². The van der Waals surface area contributed by atoms with Crippen LogP contribution < -0.4 is 15.4 Å². The molecule has 0 bridgehead atoms. The minimum Gasteiger partial charge on any atom is -0.496 e. The number of pyridine rings is 1. The Bertz CT molecular complexity index is 1310. The summed E-state index contributed by atoms with van der Waals surface area (Å²) in [5.74, 6) is -4.63. The summed E-state index contributed by atoms with van der Waals surface area (Å²) in [6.07, 6.45) is -9.38. The third-order valence-corrected chi connectivity index (χ3v) is 6.51. The third kappa shape index (κ3) is 4.91. The molecule has 0 saturated heterocycles. The van der Waals surface area contributed by atoms with E-state index in [-0.39, 0.29) is 26.6 Å². The summed E-state index contributed by atoms with van der Waals surface area (Å²) >= 11 is 0.816. The van der Waals surface area contributed by atoms with Crippen molar-refractivity contribution in [3.05, 3.63) is 51.5 Å². The normalized spacial score (nSPS) is 16.2. The van der Waals surface area contributed by atoms with Gasteiger partial charge in [0.2, 0.25) is 0 Å². The van der Waals surface area contributed by atoms with Crippen molar-refractivity contribution >= 4 is 33.1 Å². The fraction of sp³-hybridized carbons (Fsp3) is 0.364. The summed E-state index contributed by atoms with van der Waals surface area (Å²) in [7, 11) is 1.32. The van der Waals surface area contributed by atoms with Gasteiger partial charge in [-0.3, -0.25) is 4.79 Å². The molecule has 0 fully saturated rings. The van der Waals surface area contributed by atoms with E-state index in [0.717, 1.165) is 17.4 Å². The molecule has 0 radical (unpaired) electrons. The van der Waals surface area contributed by atoms with Gasteiger partial charge in [-0.15, -0.1) is 11.3 Å². The van der Waals surface area contributed by atoms with Crippen LogP contribution in [0.5, 0.6) is 5.75 Å². The summed E-state index contributed by atoms with van der Waals surface area (Å²) in [6.45, 7) is -0.504. The highest BCUT2D eigenvalue weighted by atomic mass is 32.1. The number of alkyl halides is 7. The Labute approximate surface area is 203 Å². The largest absolute Gasteiger partial charge is 0.496 e. The number of rotatable bonds is 7. The topological polar surface area (TPSA) is 72.5 Å². The lowest BCUT2D eigenvalue weighted by Gasteiger charge is -2.27. The average molecular weight is 537 g/mol. The van der Waals surface area contributed by atoms with E-state index < -0.39 is 49.5 Å². The number of fused-ring (bicyclic) bond motifs is 3. The van der Waals surface area contributed by atoms with Gasteiger partial charge in [0.1, 0.15) is 33.9 Å². The summed E-state index contributed by atoms with van der Waals surface area (Å²) in [4.78, 5) is 16.7. The summed E-state index contributed by atoms with van der Waals surface area (Å²) in [6, 6.07) is 5.43. The first-order chi connectivity index (χ1) is 16.8. The molecule has 2 N–H and O–H groups in total. The molecule has 1 atom stereocenters. The molecule has 1 aliphatic rings. The number of hydrogen-bond acceptors (Lipinski definition) is 6. The van der Waals surface area contributed by atoms with Gasteiger partial charge in [0.05, 0.1) is 19.4 Å². The lowest BCUT2D eigenvalue weighted by atomic mass is 10.0. The summed E-state index contributed by atoms with van der Waals surface area (Å²) in [5.41, 5.74) is 0.207. The van der Waals surface area contributed by atoms with E-state index >= 15 is 0 Å². The number of thiophene rings is 1. The smallest absolute Gasteiger partial charge is 0.433 e. The van der Waals surface area contributed by atoms with Crippen LogP contribution in [0.2, 0.25) is 0 Å². The number of halogens is 7. The van der Waals surface area contributed by atoms with Gasteiger partial charge in [0.15, 0.2) is 0 Å². The fourth-order valence-electron chi connectivity index (χ4n) is 3.72. The van der Waals surface area contributed by atoms with Crippen molar-refractivity contribution in [2.45, 2.75) is 38.2 Å². The number of aryl methyl sites for hydroxylation is 1. The molecule has 1 aromatic carbocycles. The zero-order valence-corrected chi connectivity index (χ0v) is 19.4. The number of carbonyl (C=O) groups excluding carboxylic acids is 1. The Morgan fingerprint density at radius 2 is 1.86 bits per heavy atom. The van der Waals surface area contributed by atoms with Crippen LogP contribution in [0.4, 0.5) is 36.4 Å². The average Bonchev–Trinajstić information content (AvgIpc) is 3.18. The van der Waals surface area contributed by atoms with Crippen molar-refractivity contribution in [2.75, 3.05) is 19.0 Å². The third-order valence-electron chi connectivity index (χ3n) is 5.43. The predicted molar refractivity (Wildman–Crippen MR) is 117 cm³/mol. The van der Waals surface area contributed by atoms with E-state index in [0.29, 0.717) is 16.6 Å². The Morgan fingerprint density at radius 1 is 1.14 bits per heavy atom. The number of ether oxygens (including phenoxy) is 2. The first-order valence-corrected chi connectivity index (χ1v) is 11.1. The van der Waals surface area contributed by atoms with Crippen LogP contribution in [0.25, 0.3) is 10.2 Å². The molecule has 0 spiro atoms. The number of hydrogen-bond donors (Lipinski definition) is 2. The number of nitrogens with zero attached hydrogens (tertiary/aromatic N) is 1. The summed E-state index contributed by atoms with van der Waals surface area (Å²) < 4.78 is 101. The highest BCUT2D eigenvalue weighted by Crippen LogP contribution is 2.43. The summed E-state index contributed by atoms with van der Waals surface area (Å²) in [5, 5.41) is 6.14. The number of benzene rings is 1. The van der Waals surface area contributed by atoms with Crippen molar-refractivity contribution < 1.29 is 45.0 Å². The van der Waals surface area contributed by atoms with Crippen LogP contribution >= 0.6 is 11.3 Å². The molecule has 0 saturated carbocycles. The molecule has 194 valence electrons. The van der Waals surface area contributed by atoms with Crippen LogP contribution in [0, 0.1) is 6.92 Å². The number of anilines is 1. The standard InChI is InChI=1S/C22H18F7N3O3S/c1-9-5-13(22(27,28)29)30-19-14(9)15-16(36-19)18(33)32-17(31-15)10-3-4-12(34-2)11(6-10)7-35-8-21(25,26)20(23)24/h3-6,17,20,31H,7-8H2,1-2H3,(H,32,33)/t17-/m1/s1. The maximum Gasteiger partial charge on any atom is 0.433 e. The van der Waals surface area contributed by atoms with E-state index in [2.05, 4.69) is 15.6 Å². The van der Waals surface area contributed by atoms with Gasteiger partial charge < -0.3 is 20.1 Å². The first-order valence-electron chi connectivity index (χ1n) is 10.3. The predicted octanol–water partition coefficient (Wildman–Crippen LogP) is 5.90. The van der Waals surface area contributed by atoms with Gasteiger partial charge in [-0.1, -0.05) is 6.07 Å². The molecule has 14 heteroatoms. The molecule has 0 aliphatic carbocycles. The van der Waals surface area contributed by atoms with Crippen molar-refractivity contribution in [3.8, 4) is 5.75 Å². The van der Waals surface area contributed by atoms with Crippen LogP contribution in [-0.4, -0.2) is 37.0 Å². The minimum atomic E-state index is -4.65. The monoisotopic (exact) mass is 537 g/mol. The second kappa shape index (κ2) is 9.39. The Hall–Kier alpha value is -3.13. The van der Waals surface area contributed by atoms with Crippen molar-refractivity contribution in [1.29, 1.82) is 0 Å². The maximum absolute atomic E-state index is 13.2. The van der Waals surface area contributed by atoms with Gasteiger partial charge in [-0.25, -0.2) is 13.8 Å². The van der Waals surface area contributed by atoms with Gasteiger partial charge in [-0.05, 0) is 36.2 Å². The zero-order chi connectivity index (χ0) is 26.4. The second-order valence-corrected chi connectivity index (χ2v) is 8.98.